The molecule has 3 aromatic rings. The summed E-state index contributed by atoms with van der Waals surface area (Å²) in [5, 5.41) is 12.1. The number of nitrogens with one attached hydrogen (secondary N) is 1. The highest BCUT2D eigenvalue weighted by molar-refractivity contribution is 5.28. The molecular weight excluding hydrogens is 264 g/mol. The van der Waals surface area contributed by atoms with Gasteiger partial charge in [0, 0.05) is 39.0 Å². The van der Waals surface area contributed by atoms with Crippen LogP contribution in [-0.2, 0) is 20.0 Å². The third-order valence-electron chi connectivity index (χ3n) is 3.28. The van der Waals surface area contributed by atoms with E-state index in [1.54, 1.807) is 11.0 Å². The quantitative estimate of drug-likeness (QED) is 0.693. The van der Waals surface area contributed by atoms with Crippen LogP contribution in [0.4, 0.5) is 0 Å². The first kappa shape index (κ1) is 13.5. The monoisotopic (exact) mass is 282 g/mol. The van der Waals surface area contributed by atoms with Crippen molar-refractivity contribution in [1.82, 2.24) is 29.9 Å². The Morgan fingerprint density at radius 2 is 2.05 bits per heavy atom. The Bertz CT molecular complexity index is 685. The van der Waals surface area contributed by atoms with Crippen LogP contribution < -0.4 is 5.32 Å². The van der Waals surface area contributed by atoms with Crippen molar-refractivity contribution < 1.29 is 0 Å². The van der Waals surface area contributed by atoms with Crippen molar-refractivity contribution >= 4 is 0 Å². The predicted octanol–water partition coefficient (Wildman–Crippen LogP) is 1.33. The lowest BCUT2D eigenvalue weighted by atomic mass is 10.3. The molecule has 3 rings (SSSR count). The van der Waals surface area contributed by atoms with Gasteiger partial charge in [-0.15, -0.1) is 0 Å². The summed E-state index contributed by atoms with van der Waals surface area (Å²) in [7, 11) is 2.01. The molecule has 0 unspecified atom stereocenters. The van der Waals surface area contributed by atoms with Gasteiger partial charge < -0.3 is 9.88 Å². The van der Waals surface area contributed by atoms with E-state index in [0.29, 0.717) is 6.54 Å². The maximum absolute atomic E-state index is 4.45. The molecule has 0 fully saturated rings. The fraction of sp³-hybridized carbons (Fsp3) is 0.267. The van der Waals surface area contributed by atoms with Crippen LogP contribution in [0.15, 0.2) is 48.9 Å². The van der Waals surface area contributed by atoms with Gasteiger partial charge in [-0.2, -0.15) is 15.0 Å². The van der Waals surface area contributed by atoms with Crippen molar-refractivity contribution in [2.45, 2.75) is 13.0 Å². The molecule has 0 radical (unpaired) electrons. The second kappa shape index (κ2) is 6.32. The number of aryl methyl sites for hydroxylation is 1. The van der Waals surface area contributed by atoms with E-state index in [9.17, 15) is 0 Å². The fourth-order valence-electron chi connectivity index (χ4n) is 2.12. The van der Waals surface area contributed by atoms with Crippen LogP contribution >= 0.6 is 0 Å². The van der Waals surface area contributed by atoms with Crippen LogP contribution in [0.5, 0.6) is 0 Å². The van der Waals surface area contributed by atoms with Crippen molar-refractivity contribution in [2.75, 3.05) is 6.54 Å². The van der Waals surface area contributed by atoms with Crippen LogP contribution in [-0.4, -0.2) is 31.1 Å². The standard InChI is InChI=1S/C15H18N6/c1-20-10-9-17-15(20)7-8-16-11-13-12-18-21(19-13)14-5-3-2-4-6-14/h2-6,9-10,12,16H,7-8,11H2,1H3. The van der Waals surface area contributed by atoms with Gasteiger partial charge in [-0.3, -0.25) is 0 Å². The maximum atomic E-state index is 4.45. The average molecular weight is 282 g/mol. The summed E-state index contributed by atoms with van der Waals surface area (Å²) in [5.74, 6) is 1.08. The number of nitrogens with zero attached hydrogens (tertiary/aromatic N) is 5. The molecule has 0 aliphatic rings. The molecule has 0 amide bonds. The lowest BCUT2D eigenvalue weighted by molar-refractivity contribution is 0.638. The molecule has 0 atom stereocenters. The Morgan fingerprint density at radius 3 is 2.81 bits per heavy atom. The van der Waals surface area contributed by atoms with Crippen LogP contribution in [0, 0.1) is 0 Å². The first-order chi connectivity index (χ1) is 10.3. The summed E-state index contributed by atoms with van der Waals surface area (Å²) in [4.78, 5) is 5.94. The Kier molecular flexibility index (Phi) is 4.07. The van der Waals surface area contributed by atoms with Gasteiger partial charge in [0.1, 0.15) is 5.82 Å². The van der Waals surface area contributed by atoms with Gasteiger partial charge in [0.2, 0.25) is 0 Å². The van der Waals surface area contributed by atoms with Gasteiger partial charge in [-0.1, -0.05) is 18.2 Å². The summed E-state index contributed by atoms with van der Waals surface area (Å²) < 4.78 is 2.04. The molecule has 0 bridgehead atoms. The summed E-state index contributed by atoms with van der Waals surface area (Å²) in [6.07, 6.45) is 6.47. The Hall–Kier alpha value is -2.47. The SMILES string of the molecule is Cn1ccnc1CCNCc1cnn(-c2ccccc2)n1. The summed E-state index contributed by atoms with van der Waals surface area (Å²) >= 11 is 0. The third-order valence-corrected chi connectivity index (χ3v) is 3.28. The predicted molar refractivity (Wildman–Crippen MR) is 80.0 cm³/mol. The largest absolute Gasteiger partial charge is 0.338 e. The second-order valence-corrected chi connectivity index (χ2v) is 4.84. The van der Waals surface area contributed by atoms with E-state index in [1.165, 1.54) is 0 Å². The molecule has 0 aliphatic heterocycles. The van der Waals surface area contributed by atoms with Crippen LogP contribution in [0.1, 0.15) is 11.5 Å². The van der Waals surface area contributed by atoms with Crippen LogP contribution in [0.25, 0.3) is 5.69 Å². The zero-order valence-corrected chi connectivity index (χ0v) is 12.0. The van der Waals surface area contributed by atoms with Gasteiger partial charge in [0.25, 0.3) is 0 Å². The molecule has 6 heteroatoms. The van der Waals surface area contributed by atoms with E-state index in [4.69, 9.17) is 0 Å². The highest BCUT2D eigenvalue weighted by Gasteiger charge is 2.03. The summed E-state index contributed by atoms with van der Waals surface area (Å²) in [6, 6.07) is 9.90. The van der Waals surface area contributed by atoms with E-state index in [-0.39, 0.29) is 0 Å². The Balaban J connectivity index is 1.50. The van der Waals surface area contributed by atoms with Crippen molar-refractivity contribution in [2.24, 2.45) is 7.05 Å². The first-order valence-corrected chi connectivity index (χ1v) is 6.96. The molecule has 6 nitrogen and oxygen atoms in total. The number of benzene rings is 1. The zero-order valence-electron chi connectivity index (χ0n) is 12.0. The van der Waals surface area contributed by atoms with E-state index >= 15 is 0 Å². The lowest BCUT2D eigenvalue weighted by Crippen LogP contribution is -2.18. The smallest absolute Gasteiger partial charge is 0.109 e. The molecule has 1 aromatic carbocycles. The normalized spacial score (nSPS) is 10.9. The number of aromatic nitrogens is 5. The molecule has 108 valence electrons. The molecule has 1 N–H and O–H groups in total. The molecule has 0 spiro atoms. The Morgan fingerprint density at radius 1 is 1.19 bits per heavy atom. The minimum atomic E-state index is 0.706. The van der Waals surface area contributed by atoms with Crippen molar-refractivity contribution in [3.63, 3.8) is 0 Å². The van der Waals surface area contributed by atoms with Crippen molar-refractivity contribution in [3.8, 4) is 5.69 Å². The summed E-state index contributed by atoms with van der Waals surface area (Å²) in [6.45, 7) is 1.57. The van der Waals surface area contributed by atoms with Crippen molar-refractivity contribution in [1.29, 1.82) is 0 Å². The molecule has 21 heavy (non-hydrogen) atoms. The van der Waals surface area contributed by atoms with Crippen LogP contribution in [0.3, 0.4) is 0 Å². The first-order valence-electron chi connectivity index (χ1n) is 6.96. The van der Waals surface area contributed by atoms with E-state index in [2.05, 4.69) is 20.5 Å². The topological polar surface area (TPSA) is 60.6 Å². The number of imidazole rings is 1. The number of hydrogen-bond donors (Lipinski definition) is 1. The highest BCUT2D eigenvalue weighted by atomic mass is 15.5. The van der Waals surface area contributed by atoms with E-state index in [0.717, 1.165) is 30.2 Å². The maximum Gasteiger partial charge on any atom is 0.109 e. The average Bonchev–Trinajstić information content (AvgIpc) is 3.14. The Labute approximate surface area is 123 Å². The van der Waals surface area contributed by atoms with Gasteiger partial charge in [0.15, 0.2) is 0 Å². The third kappa shape index (κ3) is 3.35. The molecule has 0 saturated carbocycles. The number of rotatable bonds is 6. The van der Waals surface area contributed by atoms with Gasteiger partial charge in [-0.25, -0.2) is 4.98 Å². The number of hydrogen-bond acceptors (Lipinski definition) is 4. The molecule has 2 heterocycles. The minimum Gasteiger partial charge on any atom is -0.338 e. The van der Waals surface area contributed by atoms with Crippen LogP contribution in [0.2, 0.25) is 0 Å². The van der Waals surface area contributed by atoms with E-state index < -0.39 is 0 Å². The van der Waals surface area contributed by atoms with Gasteiger partial charge in [0.05, 0.1) is 17.6 Å². The highest BCUT2D eigenvalue weighted by Crippen LogP contribution is 2.04. The summed E-state index contributed by atoms with van der Waals surface area (Å²) in [5.41, 5.74) is 1.90. The number of para-hydroxylation sites is 1. The fourth-order valence-corrected chi connectivity index (χ4v) is 2.12. The van der Waals surface area contributed by atoms with Gasteiger partial charge >= 0.3 is 0 Å². The van der Waals surface area contributed by atoms with Crippen molar-refractivity contribution in [3.05, 3.63) is 60.4 Å². The molecule has 2 aromatic heterocycles. The molecule has 0 aliphatic carbocycles. The second-order valence-electron chi connectivity index (χ2n) is 4.84. The molecular formula is C15H18N6. The zero-order chi connectivity index (χ0) is 14.5. The van der Waals surface area contributed by atoms with Gasteiger partial charge in [-0.05, 0) is 12.1 Å². The lowest BCUT2D eigenvalue weighted by Gasteiger charge is -2.03. The molecule has 0 saturated heterocycles. The van der Waals surface area contributed by atoms with E-state index in [1.807, 2.05) is 54.3 Å². The minimum absolute atomic E-state index is 0.706.